The Morgan fingerprint density at radius 2 is 2.29 bits per heavy atom. The fraction of sp³-hybridized carbons (Fsp3) is 0.636. The molecule has 1 N–H and O–H groups in total. The summed E-state index contributed by atoms with van der Waals surface area (Å²) in [6.07, 6.45) is 9.65. The highest BCUT2D eigenvalue weighted by atomic mass is 16.7. The summed E-state index contributed by atoms with van der Waals surface area (Å²) in [5.41, 5.74) is 4.31. The van der Waals surface area contributed by atoms with E-state index in [2.05, 4.69) is 17.7 Å². The maximum Gasteiger partial charge on any atom is 0.0790 e. The second-order valence-electron chi connectivity index (χ2n) is 4.03. The minimum atomic E-state index is 0.443. The van der Waals surface area contributed by atoms with Gasteiger partial charge < -0.3 is 4.57 Å². The molecule has 1 fully saturated rings. The van der Waals surface area contributed by atoms with Crippen molar-refractivity contribution in [3.8, 4) is 0 Å². The molecule has 3 nitrogen and oxygen atoms in total. The fourth-order valence-electron chi connectivity index (χ4n) is 1.91. The quantitative estimate of drug-likeness (QED) is 0.742. The highest BCUT2D eigenvalue weighted by molar-refractivity contribution is 5.08. The van der Waals surface area contributed by atoms with Crippen molar-refractivity contribution in [2.24, 2.45) is 7.05 Å². The lowest BCUT2D eigenvalue weighted by Gasteiger charge is -2.10. The third-order valence-electron chi connectivity index (χ3n) is 2.72. The standard InChI is InChI=1S/C11H18N2O/c1-13-7-6-10(9-13)8-12-14-11-4-2-3-5-11/h6-7,9,11-12H,2-5,8H2,1H3. The Balaban J connectivity index is 1.67. The highest BCUT2D eigenvalue weighted by Crippen LogP contribution is 2.19. The van der Waals surface area contributed by atoms with Gasteiger partial charge in [-0.15, -0.1) is 0 Å². The minimum absolute atomic E-state index is 0.443. The smallest absolute Gasteiger partial charge is 0.0790 e. The third-order valence-corrected chi connectivity index (χ3v) is 2.72. The van der Waals surface area contributed by atoms with Gasteiger partial charge in [-0.2, -0.15) is 5.48 Å². The molecule has 1 saturated carbocycles. The highest BCUT2D eigenvalue weighted by Gasteiger charge is 2.15. The van der Waals surface area contributed by atoms with Crippen molar-refractivity contribution in [1.29, 1.82) is 0 Å². The van der Waals surface area contributed by atoms with Gasteiger partial charge in [-0.05, 0) is 24.5 Å². The molecule has 0 amide bonds. The van der Waals surface area contributed by atoms with Crippen LogP contribution in [0.3, 0.4) is 0 Å². The Morgan fingerprint density at radius 1 is 1.50 bits per heavy atom. The summed E-state index contributed by atoms with van der Waals surface area (Å²) in [5, 5.41) is 0. The molecular weight excluding hydrogens is 176 g/mol. The predicted molar refractivity (Wildman–Crippen MR) is 55.6 cm³/mol. The molecule has 2 rings (SSSR count). The van der Waals surface area contributed by atoms with E-state index in [1.54, 1.807) is 0 Å². The van der Waals surface area contributed by atoms with E-state index < -0.39 is 0 Å². The van der Waals surface area contributed by atoms with E-state index in [1.165, 1.54) is 31.2 Å². The number of hydrogen-bond donors (Lipinski definition) is 1. The van der Waals surface area contributed by atoms with E-state index in [1.807, 2.05) is 17.8 Å². The molecule has 0 unspecified atom stereocenters. The van der Waals surface area contributed by atoms with Gasteiger partial charge in [0.15, 0.2) is 0 Å². The summed E-state index contributed by atoms with van der Waals surface area (Å²) in [4.78, 5) is 5.56. The van der Waals surface area contributed by atoms with Gasteiger partial charge in [0, 0.05) is 26.0 Å². The molecule has 3 heteroatoms. The summed E-state index contributed by atoms with van der Waals surface area (Å²) in [7, 11) is 2.03. The molecule has 0 bridgehead atoms. The summed E-state index contributed by atoms with van der Waals surface area (Å²) in [6.45, 7) is 0.803. The monoisotopic (exact) mass is 194 g/mol. The van der Waals surface area contributed by atoms with E-state index in [4.69, 9.17) is 4.84 Å². The lowest BCUT2D eigenvalue weighted by molar-refractivity contribution is -0.0244. The second kappa shape index (κ2) is 4.62. The van der Waals surface area contributed by atoms with Crippen molar-refractivity contribution < 1.29 is 4.84 Å². The van der Waals surface area contributed by atoms with Gasteiger partial charge in [0.2, 0.25) is 0 Å². The average Bonchev–Trinajstić information content (AvgIpc) is 2.77. The number of aryl methyl sites for hydroxylation is 1. The Morgan fingerprint density at radius 3 is 2.93 bits per heavy atom. The van der Waals surface area contributed by atoms with Crippen molar-refractivity contribution in [2.75, 3.05) is 0 Å². The zero-order valence-electron chi connectivity index (χ0n) is 8.70. The van der Waals surface area contributed by atoms with E-state index in [0.29, 0.717) is 6.10 Å². The molecule has 0 saturated heterocycles. The summed E-state index contributed by atoms with van der Waals surface area (Å²) < 4.78 is 2.05. The maximum atomic E-state index is 5.56. The molecule has 0 atom stereocenters. The van der Waals surface area contributed by atoms with Crippen molar-refractivity contribution in [1.82, 2.24) is 10.0 Å². The first-order valence-corrected chi connectivity index (χ1v) is 5.34. The van der Waals surface area contributed by atoms with E-state index in [9.17, 15) is 0 Å². The lowest BCUT2D eigenvalue weighted by atomic mass is 10.3. The van der Waals surface area contributed by atoms with Gasteiger partial charge in [0.05, 0.1) is 6.10 Å². The van der Waals surface area contributed by atoms with Gasteiger partial charge in [0.25, 0.3) is 0 Å². The normalized spacial score (nSPS) is 17.8. The van der Waals surface area contributed by atoms with Crippen LogP contribution in [0.2, 0.25) is 0 Å². The summed E-state index contributed by atoms with van der Waals surface area (Å²) in [5.74, 6) is 0. The molecule has 0 spiro atoms. The summed E-state index contributed by atoms with van der Waals surface area (Å²) >= 11 is 0. The molecule has 1 aliphatic rings. The SMILES string of the molecule is Cn1ccc(CNOC2CCCC2)c1. The molecular formula is C11H18N2O. The maximum absolute atomic E-state index is 5.56. The van der Waals surface area contributed by atoms with Crippen molar-refractivity contribution in [2.45, 2.75) is 38.3 Å². The number of hydroxylamine groups is 1. The Labute approximate surface area is 85.0 Å². The number of nitrogens with one attached hydrogen (secondary N) is 1. The van der Waals surface area contributed by atoms with Crippen LogP contribution < -0.4 is 5.48 Å². The number of nitrogens with zero attached hydrogens (tertiary/aromatic N) is 1. The molecule has 1 aromatic rings. The summed E-state index contributed by atoms with van der Waals surface area (Å²) in [6, 6.07) is 2.10. The van der Waals surface area contributed by atoms with Crippen LogP contribution in [0.5, 0.6) is 0 Å². The minimum Gasteiger partial charge on any atom is -0.357 e. The van der Waals surface area contributed by atoms with Crippen molar-refractivity contribution >= 4 is 0 Å². The first kappa shape index (κ1) is 9.74. The van der Waals surface area contributed by atoms with Gasteiger partial charge in [0.1, 0.15) is 0 Å². The number of rotatable bonds is 4. The van der Waals surface area contributed by atoms with Crippen LogP contribution in [-0.2, 0) is 18.4 Å². The molecule has 0 aromatic carbocycles. The van der Waals surface area contributed by atoms with Crippen LogP contribution in [-0.4, -0.2) is 10.7 Å². The first-order chi connectivity index (χ1) is 6.84. The van der Waals surface area contributed by atoms with Crippen molar-refractivity contribution in [3.05, 3.63) is 24.0 Å². The van der Waals surface area contributed by atoms with Gasteiger partial charge in [-0.1, -0.05) is 12.8 Å². The van der Waals surface area contributed by atoms with Crippen LogP contribution >= 0.6 is 0 Å². The van der Waals surface area contributed by atoms with Crippen LogP contribution in [0.4, 0.5) is 0 Å². The topological polar surface area (TPSA) is 26.2 Å². The van der Waals surface area contributed by atoms with E-state index in [-0.39, 0.29) is 0 Å². The molecule has 14 heavy (non-hydrogen) atoms. The second-order valence-corrected chi connectivity index (χ2v) is 4.03. The van der Waals surface area contributed by atoms with Crippen LogP contribution in [0.1, 0.15) is 31.2 Å². The lowest BCUT2D eigenvalue weighted by Crippen LogP contribution is -2.21. The molecule has 78 valence electrons. The molecule has 1 aliphatic carbocycles. The van der Waals surface area contributed by atoms with E-state index >= 15 is 0 Å². The van der Waals surface area contributed by atoms with Crippen LogP contribution in [0.25, 0.3) is 0 Å². The number of hydrogen-bond acceptors (Lipinski definition) is 2. The zero-order valence-corrected chi connectivity index (χ0v) is 8.70. The zero-order chi connectivity index (χ0) is 9.80. The van der Waals surface area contributed by atoms with Crippen molar-refractivity contribution in [3.63, 3.8) is 0 Å². The molecule has 0 aliphatic heterocycles. The molecule has 1 heterocycles. The third kappa shape index (κ3) is 2.59. The molecule has 0 radical (unpaired) electrons. The van der Waals surface area contributed by atoms with Crippen LogP contribution in [0.15, 0.2) is 18.5 Å². The Bertz CT molecular complexity index is 277. The average molecular weight is 194 g/mol. The Kier molecular flexibility index (Phi) is 3.22. The number of aromatic nitrogens is 1. The first-order valence-electron chi connectivity index (χ1n) is 5.34. The van der Waals surface area contributed by atoms with E-state index in [0.717, 1.165) is 6.54 Å². The molecule has 1 aromatic heterocycles. The predicted octanol–water partition coefficient (Wildman–Crippen LogP) is 1.99. The van der Waals surface area contributed by atoms with Gasteiger partial charge >= 0.3 is 0 Å². The largest absolute Gasteiger partial charge is 0.357 e. The Hall–Kier alpha value is -0.800. The van der Waals surface area contributed by atoms with Gasteiger partial charge in [-0.25, -0.2) is 0 Å². The fourth-order valence-corrected chi connectivity index (χ4v) is 1.91. The van der Waals surface area contributed by atoms with Crippen LogP contribution in [0, 0.1) is 0 Å². The van der Waals surface area contributed by atoms with Gasteiger partial charge in [-0.3, -0.25) is 4.84 Å².